The molecular formula is C16H10BrFN2O. The number of benzene rings is 2. The zero-order valence-electron chi connectivity index (χ0n) is 10.8. The van der Waals surface area contributed by atoms with Gasteiger partial charge in [-0.3, -0.25) is 9.78 Å². The van der Waals surface area contributed by atoms with Crippen molar-refractivity contribution in [3.63, 3.8) is 0 Å². The molecular weight excluding hydrogens is 335 g/mol. The predicted octanol–water partition coefficient (Wildman–Crippen LogP) is 4.39. The Bertz CT molecular complexity index is 830. The van der Waals surface area contributed by atoms with Crippen LogP contribution in [0.25, 0.3) is 10.8 Å². The molecule has 1 N–H and O–H groups in total. The first kappa shape index (κ1) is 13.7. The molecule has 1 heterocycles. The molecule has 104 valence electrons. The summed E-state index contributed by atoms with van der Waals surface area (Å²) in [6.45, 7) is 0. The van der Waals surface area contributed by atoms with Crippen molar-refractivity contribution in [1.82, 2.24) is 4.98 Å². The summed E-state index contributed by atoms with van der Waals surface area (Å²) in [5.74, 6) is -1.05. The summed E-state index contributed by atoms with van der Waals surface area (Å²) < 4.78 is 14.4. The second-order valence-electron chi connectivity index (χ2n) is 4.48. The lowest BCUT2D eigenvalue weighted by molar-refractivity contribution is 0.102. The van der Waals surface area contributed by atoms with Gasteiger partial charge in [0.25, 0.3) is 5.91 Å². The van der Waals surface area contributed by atoms with Crippen LogP contribution in [0.1, 0.15) is 10.4 Å². The van der Waals surface area contributed by atoms with E-state index < -0.39 is 11.7 Å². The van der Waals surface area contributed by atoms with E-state index in [-0.39, 0.29) is 5.56 Å². The van der Waals surface area contributed by atoms with Crippen molar-refractivity contribution in [1.29, 1.82) is 0 Å². The Morgan fingerprint density at radius 3 is 2.90 bits per heavy atom. The minimum Gasteiger partial charge on any atom is -0.321 e. The van der Waals surface area contributed by atoms with E-state index in [0.717, 1.165) is 10.8 Å². The molecule has 3 nitrogen and oxygen atoms in total. The molecule has 0 radical (unpaired) electrons. The maximum absolute atomic E-state index is 13.7. The molecule has 1 amide bonds. The fraction of sp³-hybridized carbons (Fsp3) is 0. The Kier molecular flexibility index (Phi) is 3.66. The van der Waals surface area contributed by atoms with Gasteiger partial charge in [0.05, 0.1) is 5.56 Å². The number of hydrogen-bond acceptors (Lipinski definition) is 2. The summed E-state index contributed by atoms with van der Waals surface area (Å²) in [5.41, 5.74) is 0.620. The molecule has 0 spiro atoms. The normalized spacial score (nSPS) is 10.6. The molecule has 0 saturated heterocycles. The summed E-state index contributed by atoms with van der Waals surface area (Å²) in [6.07, 6.45) is 3.36. The van der Waals surface area contributed by atoms with Gasteiger partial charge in [-0.2, -0.15) is 0 Å². The Labute approximate surface area is 128 Å². The highest BCUT2D eigenvalue weighted by Crippen LogP contribution is 2.23. The van der Waals surface area contributed by atoms with Crippen molar-refractivity contribution in [2.24, 2.45) is 0 Å². The molecule has 0 aliphatic rings. The van der Waals surface area contributed by atoms with Gasteiger partial charge in [0.15, 0.2) is 0 Å². The maximum atomic E-state index is 13.7. The minimum atomic E-state index is -0.558. The number of hydrogen-bond donors (Lipinski definition) is 1. The van der Waals surface area contributed by atoms with Gasteiger partial charge in [-0.05, 0) is 30.3 Å². The van der Waals surface area contributed by atoms with E-state index in [1.165, 1.54) is 12.1 Å². The van der Waals surface area contributed by atoms with E-state index in [0.29, 0.717) is 10.2 Å². The van der Waals surface area contributed by atoms with Gasteiger partial charge < -0.3 is 5.32 Å². The molecule has 3 aromatic rings. The quantitative estimate of drug-likeness (QED) is 0.749. The Hall–Kier alpha value is -2.27. The minimum absolute atomic E-state index is 0.00423. The van der Waals surface area contributed by atoms with E-state index in [2.05, 4.69) is 26.2 Å². The zero-order valence-corrected chi connectivity index (χ0v) is 12.4. The van der Waals surface area contributed by atoms with Crippen LogP contribution in [0.2, 0.25) is 0 Å². The van der Waals surface area contributed by atoms with Crippen LogP contribution in [0, 0.1) is 5.82 Å². The number of pyridine rings is 1. The maximum Gasteiger partial charge on any atom is 0.258 e. The molecule has 0 aliphatic heterocycles. The van der Waals surface area contributed by atoms with Crippen molar-refractivity contribution >= 4 is 38.3 Å². The van der Waals surface area contributed by atoms with Gasteiger partial charge in [-0.15, -0.1) is 0 Å². The molecule has 0 saturated carbocycles. The number of amides is 1. The van der Waals surface area contributed by atoms with Crippen LogP contribution in [-0.4, -0.2) is 10.9 Å². The van der Waals surface area contributed by atoms with Crippen LogP contribution < -0.4 is 5.32 Å². The van der Waals surface area contributed by atoms with Crippen molar-refractivity contribution in [2.75, 3.05) is 5.32 Å². The first-order valence-electron chi connectivity index (χ1n) is 6.24. The van der Waals surface area contributed by atoms with Crippen molar-refractivity contribution in [3.05, 3.63) is 70.7 Å². The Balaban J connectivity index is 1.99. The third-order valence-electron chi connectivity index (χ3n) is 3.10. The van der Waals surface area contributed by atoms with E-state index >= 15 is 0 Å². The van der Waals surface area contributed by atoms with E-state index in [4.69, 9.17) is 0 Å². The number of nitrogens with one attached hydrogen (secondary N) is 1. The number of carbonyl (C=O) groups excluding carboxylic acids is 1. The van der Waals surface area contributed by atoms with Gasteiger partial charge in [0.1, 0.15) is 5.82 Å². The molecule has 21 heavy (non-hydrogen) atoms. The number of rotatable bonds is 2. The van der Waals surface area contributed by atoms with Gasteiger partial charge in [0.2, 0.25) is 0 Å². The highest BCUT2D eigenvalue weighted by molar-refractivity contribution is 9.10. The molecule has 1 aromatic heterocycles. The SMILES string of the molecule is O=C(Nc1cccc2cnccc12)c1cc(Br)ccc1F. The first-order chi connectivity index (χ1) is 10.1. The first-order valence-corrected chi connectivity index (χ1v) is 7.03. The van der Waals surface area contributed by atoms with Gasteiger partial charge >= 0.3 is 0 Å². The summed E-state index contributed by atoms with van der Waals surface area (Å²) >= 11 is 3.23. The zero-order chi connectivity index (χ0) is 14.8. The van der Waals surface area contributed by atoms with Crippen molar-refractivity contribution < 1.29 is 9.18 Å². The van der Waals surface area contributed by atoms with E-state index in [1.54, 1.807) is 24.5 Å². The molecule has 2 aromatic carbocycles. The monoisotopic (exact) mass is 344 g/mol. The number of fused-ring (bicyclic) bond motifs is 1. The topological polar surface area (TPSA) is 42.0 Å². The standard InChI is InChI=1S/C16H10BrFN2O/c17-11-4-5-14(18)13(8-11)16(21)20-15-3-1-2-10-9-19-7-6-12(10)15/h1-9H,(H,20,21). The second kappa shape index (κ2) is 5.61. The average molecular weight is 345 g/mol. The third-order valence-corrected chi connectivity index (χ3v) is 3.60. The van der Waals surface area contributed by atoms with Gasteiger partial charge in [-0.1, -0.05) is 28.1 Å². The molecule has 0 unspecified atom stereocenters. The molecule has 0 fully saturated rings. The molecule has 0 bridgehead atoms. The lowest BCUT2D eigenvalue weighted by Gasteiger charge is -2.09. The number of anilines is 1. The van der Waals surface area contributed by atoms with Crippen LogP contribution in [-0.2, 0) is 0 Å². The van der Waals surface area contributed by atoms with Gasteiger partial charge in [-0.25, -0.2) is 4.39 Å². The summed E-state index contributed by atoms with van der Waals surface area (Å²) in [6, 6.07) is 11.6. The molecule has 5 heteroatoms. The van der Waals surface area contributed by atoms with Crippen LogP contribution in [0.15, 0.2) is 59.3 Å². The van der Waals surface area contributed by atoms with Crippen LogP contribution in [0.4, 0.5) is 10.1 Å². The van der Waals surface area contributed by atoms with E-state index in [9.17, 15) is 9.18 Å². The molecule has 0 aliphatic carbocycles. The predicted molar refractivity (Wildman–Crippen MR) is 83.8 cm³/mol. The van der Waals surface area contributed by atoms with Crippen molar-refractivity contribution in [2.45, 2.75) is 0 Å². The summed E-state index contributed by atoms with van der Waals surface area (Å²) in [5, 5.41) is 4.51. The molecule has 3 rings (SSSR count). The molecule has 0 atom stereocenters. The number of nitrogens with zero attached hydrogens (tertiary/aromatic N) is 1. The highest BCUT2D eigenvalue weighted by Gasteiger charge is 2.13. The number of carbonyl (C=O) groups is 1. The number of halogens is 2. The summed E-state index contributed by atoms with van der Waals surface area (Å²) in [4.78, 5) is 16.3. The fourth-order valence-electron chi connectivity index (χ4n) is 2.09. The Morgan fingerprint density at radius 2 is 2.05 bits per heavy atom. The summed E-state index contributed by atoms with van der Waals surface area (Å²) in [7, 11) is 0. The fourth-order valence-corrected chi connectivity index (χ4v) is 2.45. The van der Waals surface area contributed by atoms with Crippen LogP contribution in [0.3, 0.4) is 0 Å². The third kappa shape index (κ3) is 2.78. The highest BCUT2D eigenvalue weighted by atomic mass is 79.9. The average Bonchev–Trinajstić information content (AvgIpc) is 2.50. The smallest absolute Gasteiger partial charge is 0.258 e. The van der Waals surface area contributed by atoms with E-state index in [1.807, 2.05) is 18.2 Å². The second-order valence-corrected chi connectivity index (χ2v) is 5.40. The van der Waals surface area contributed by atoms with Gasteiger partial charge in [0, 0.05) is 33.3 Å². The van der Waals surface area contributed by atoms with Crippen molar-refractivity contribution in [3.8, 4) is 0 Å². The lowest BCUT2D eigenvalue weighted by Crippen LogP contribution is -2.14. The van der Waals surface area contributed by atoms with Crippen LogP contribution >= 0.6 is 15.9 Å². The Morgan fingerprint density at radius 1 is 1.19 bits per heavy atom. The largest absolute Gasteiger partial charge is 0.321 e. The number of aromatic nitrogens is 1. The van der Waals surface area contributed by atoms with Crippen LogP contribution in [0.5, 0.6) is 0 Å². The lowest BCUT2D eigenvalue weighted by atomic mass is 10.1.